The van der Waals surface area contributed by atoms with Gasteiger partial charge in [-0.25, -0.2) is 4.79 Å². The van der Waals surface area contributed by atoms with E-state index >= 15 is 0 Å². The number of hydrogen-bond acceptors (Lipinski definition) is 10. The summed E-state index contributed by atoms with van der Waals surface area (Å²) in [5.41, 5.74) is -7.15. The molecule has 2 heterocycles. The second-order valence-corrected chi connectivity index (χ2v) is 9.73. The lowest BCUT2D eigenvalue weighted by Crippen LogP contribution is -2.87. The molecule has 0 aromatic heterocycles. The van der Waals surface area contributed by atoms with E-state index < -0.39 is 82.7 Å². The first-order chi connectivity index (χ1) is 13.9. The Morgan fingerprint density at radius 2 is 1.83 bits per heavy atom. The molecule has 0 aromatic rings. The molecule has 1 spiro atoms. The Kier molecular flexibility index (Phi) is 3.89. The van der Waals surface area contributed by atoms with Crippen LogP contribution in [-0.4, -0.2) is 97.3 Å². The molecule has 30 heavy (non-hydrogen) atoms. The zero-order valence-electron chi connectivity index (χ0n) is 16.6. The summed E-state index contributed by atoms with van der Waals surface area (Å²) in [5, 5.41) is 66.0. The van der Waals surface area contributed by atoms with Crippen LogP contribution in [0.4, 0.5) is 0 Å². The van der Waals surface area contributed by atoms with Gasteiger partial charge in [0.1, 0.15) is 23.9 Å². The molecule has 4 fully saturated rings. The number of esters is 1. The van der Waals surface area contributed by atoms with Crippen LogP contribution in [0.3, 0.4) is 0 Å². The maximum absolute atomic E-state index is 12.6. The number of carbonyl (C=O) groups is 2. The van der Waals surface area contributed by atoms with E-state index in [-0.39, 0.29) is 13.0 Å². The van der Waals surface area contributed by atoms with Crippen LogP contribution < -0.4 is 0 Å². The van der Waals surface area contributed by atoms with Crippen LogP contribution in [0, 0.1) is 22.7 Å². The Morgan fingerprint density at radius 3 is 2.47 bits per heavy atom. The highest BCUT2D eigenvalue weighted by Gasteiger charge is 2.89. The fourth-order valence-electron chi connectivity index (χ4n) is 7.64. The second kappa shape index (κ2) is 5.69. The molecule has 10 nitrogen and oxygen atoms in total. The summed E-state index contributed by atoms with van der Waals surface area (Å²) >= 11 is 0. The van der Waals surface area contributed by atoms with Crippen LogP contribution in [0.1, 0.15) is 20.3 Å². The van der Waals surface area contributed by atoms with Crippen molar-refractivity contribution < 1.29 is 49.7 Å². The van der Waals surface area contributed by atoms with E-state index in [4.69, 9.17) is 9.47 Å². The summed E-state index contributed by atoms with van der Waals surface area (Å²) in [6, 6.07) is 0. The highest BCUT2D eigenvalue weighted by atomic mass is 16.6. The van der Waals surface area contributed by atoms with E-state index in [2.05, 4.69) is 0 Å². The summed E-state index contributed by atoms with van der Waals surface area (Å²) in [6.07, 6.45) is -6.90. The van der Waals surface area contributed by atoms with Gasteiger partial charge in [-0.2, -0.15) is 0 Å². The smallest absolute Gasteiger partial charge is 0.338 e. The predicted molar refractivity (Wildman–Crippen MR) is 95.5 cm³/mol. The molecule has 2 bridgehead atoms. The van der Waals surface area contributed by atoms with Crippen molar-refractivity contribution in [3.05, 3.63) is 11.6 Å². The molecule has 0 aromatic carbocycles. The van der Waals surface area contributed by atoms with E-state index in [1.165, 1.54) is 6.08 Å². The fourth-order valence-corrected chi connectivity index (χ4v) is 7.64. The van der Waals surface area contributed by atoms with E-state index in [0.29, 0.717) is 5.57 Å². The molecule has 5 aliphatic rings. The summed E-state index contributed by atoms with van der Waals surface area (Å²) in [5.74, 6) is -3.40. The summed E-state index contributed by atoms with van der Waals surface area (Å²) in [6.45, 7) is 1.96. The monoisotopic (exact) mass is 426 g/mol. The molecule has 3 aliphatic carbocycles. The number of hydrogen-bond donors (Lipinski definition) is 6. The third kappa shape index (κ3) is 1.72. The second-order valence-electron chi connectivity index (χ2n) is 9.73. The van der Waals surface area contributed by atoms with E-state index in [1.54, 1.807) is 13.8 Å². The molecule has 5 rings (SSSR count). The Labute approximate surface area is 171 Å². The summed E-state index contributed by atoms with van der Waals surface area (Å²) < 4.78 is 11.2. The average Bonchev–Trinajstić information content (AvgIpc) is 2.91. The number of carbonyl (C=O) groups excluding carboxylic acids is 2. The van der Waals surface area contributed by atoms with Crippen molar-refractivity contribution in [3.8, 4) is 0 Å². The lowest BCUT2D eigenvalue weighted by molar-refractivity contribution is -0.357. The minimum atomic E-state index is -2.51. The lowest BCUT2D eigenvalue weighted by atomic mass is 9.36. The molecule has 6 N–H and O–H groups in total. The number of ketones is 1. The first-order valence-electron chi connectivity index (χ1n) is 10.1. The van der Waals surface area contributed by atoms with Gasteiger partial charge < -0.3 is 40.1 Å². The SMILES string of the molecule is CC1=CC(=O)[C@@H](O)[C@]2(C)[C@H]3[C@@H](O)[C@@H](O)[C@]4(CO)OC[C@@]35[C@@H](C[C@@H]12)OC(=O)[C@H](O)[C@]54O. The highest BCUT2D eigenvalue weighted by Crippen LogP contribution is 2.73. The quantitative estimate of drug-likeness (QED) is 0.237. The van der Waals surface area contributed by atoms with Gasteiger partial charge in [-0.1, -0.05) is 12.5 Å². The van der Waals surface area contributed by atoms with Crippen LogP contribution in [0.15, 0.2) is 11.6 Å². The maximum Gasteiger partial charge on any atom is 0.338 e. The normalized spacial score (nSPS) is 59.2. The number of aliphatic hydroxyl groups is 6. The summed E-state index contributed by atoms with van der Waals surface area (Å²) in [4.78, 5) is 25.1. The van der Waals surface area contributed by atoms with Gasteiger partial charge >= 0.3 is 5.97 Å². The molecule has 11 atom stereocenters. The molecular weight excluding hydrogens is 400 g/mol. The van der Waals surface area contributed by atoms with Crippen molar-refractivity contribution in [3.63, 3.8) is 0 Å². The topological polar surface area (TPSA) is 174 Å². The van der Waals surface area contributed by atoms with Crippen molar-refractivity contribution in [1.29, 1.82) is 0 Å². The minimum Gasteiger partial charge on any atom is -0.460 e. The number of aliphatic hydroxyl groups excluding tert-OH is 5. The van der Waals surface area contributed by atoms with Crippen molar-refractivity contribution in [1.82, 2.24) is 0 Å². The first-order valence-corrected chi connectivity index (χ1v) is 10.1. The number of ether oxygens (including phenoxy) is 2. The van der Waals surface area contributed by atoms with Gasteiger partial charge in [-0.3, -0.25) is 4.79 Å². The lowest BCUT2D eigenvalue weighted by Gasteiger charge is -2.70. The van der Waals surface area contributed by atoms with Gasteiger partial charge in [0.05, 0.1) is 24.7 Å². The minimum absolute atomic E-state index is 0.105. The molecule has 0 unspecified atom stereocenters. The van der Waals surface area contributed by atoms with Gasteiger partial charge in [0, 0.05) is 11.3 Å². The van der Waals surface area contributed by atoms with Crippen LogP contribution in [-0.2, 0) is 19.1 Å². The zero-order valence-corrected chi connectivity index (χ0v) is 16.6. The molecule has 0 amide bonds. The predicted octanol–water partition coefficient (Wildman–Crippen LogP) is -2.98. The van der Waals surface area contributed by atoms with E-state index in [1.807, 2.05) is 0 Å². The summed E-state index contributed by atoms with van der Waals surface area (Å²) in [7, 11) is 0. The maximum atomic E-state index is 12.6. The zero-order chi connectivity index (χ0) is 22.0. The molecule has 2 aliphatic heterocycles. The van der Waals surface area contributed by atoms with E-state index in [0.717, 1.165) is 0 Å². The Morgan fingerprint density at radius 1 is 1.17 bits per heavy atom. The molecule has 0 radical (unpaired) electrons. The van der Waals surface area contributed by atoms with Crippen molar-refractivity contribution in [2.45, 2.75) is 62.0 Å². The van der Waals surface area contributed by atoms with E-state index in [9.17, 15) is 40.2 Å². The third-order valence-corrected chi connectivity index (χ3v) is 8.96. The average molecular weight is 426 g/mol. The van der Waals surface area contributed by atoms with Gasteiger partial charge in [0.2, 0.25) is 0 Å². The molecule has 10 heteroatoms. The molecule has 166 valence electrons. The Hall–Kier alpha value is -1.40. The number of rotatable bonds is 1. The van der Waals surface area contributed by atoms with Crippen LogP contribution >= 0.6 is 0 Å². The molecule has 2 saturated heterocycles. The van der Waals surface area contributed by atoms with Gasteiger partial charge in [-0.15, -0.1) is 0 Å². The first kappa shape index (κ1) is 20.5. The standard InChI is InChI=1S/C20H26O10/c1-7-3-9(22)13(24)17(2)8(7)4-10-18-6-29-19(5-21,14(25)11(23)12(17)18)20(18,28)15(26)16(27)30-10/h3,8,10-15,21,23-26,28H,4-6H2,1-2H3/t8-,10+,11+,12+,13+,14+,15-,17-,18+,19-,20-/m0/s1. The van der Waals surface area contributed by atoms with Crippen molar-refractivity contribution in [2.24, 2.45) is 22.7 Å². The number of allylic oxidation sites excluding steroid dienone is 1. The molecule has 2 saturated carbocycles. The molecular formula is C20H26O10. The van der Waals surface area contributed by atoms with Crippen molar-refractivity contribution >= 4 is 11.8 Å². The highest BCUT2D eigenvalue weighted by molar-refractivity contribution is 5.96. The van der Waals surface area contributed by atoms with Crippen LogP contribution in [0.25, 0.3) is 0 Å². The van der Waals surface area contributed by atoms with Crippen LogP contribution in [0.5, 0.6) is 0 Å². The van der Waals surface area contributed by atoms with Crippen LogP contribution in [0.2, 0.25) is 0 Å². The fraction of sp³-hybridized carbons (Fsp3) is 0.800. The third-order valence-electron chi connectivity index (χ3n) is 8.96. The van der Waals surface area contributed by atoms with Gasteiger partial charge in [-0.05, 0) is 25.3 Å². The van der Waals surface area contributed by atoms with Gasteiger partial charge in [0.25, 0.3) is 0 Å². The Bertz CT molecular complexity index is 872. The van der Waals surface area contributed by atoms with Gasteiger partial charge in [0.15, 0.2) is 17.5 Å². The van der Waals surface area contributed by atoms with Crippen molar-refractivity contribution in [2.75, 3.05) is 13.2 Å². The number of fused-ring (bicyclic) bond motifs is 2. The Balaban J connectivity index is 1.83. The largest absolute Gasteiger partial charge is 0.460 e.